The molecular weight excluding hydrogens is 771 g/mol. The van der Waals surface area contributed by atoms with E-state index in [4.69, 9.17) is 21.1 Å². The van der Waals surface area contributed by atoms with Crippen LogP contribution in [0.1, 0.15) is 68.2 Å². The van der Waals surface area contributed by atoms with Gasteiger partial charge in [0, 0.05) is 65.6 Å². The molecule has 6 rings (SSSR count). The summed E-state index contributed by atoms with van der Waals surface area (Å²) in [4.78, 5) is 37.0. The number of pyridine rings is 1. The Labute approximate surface area is 337 Å². The molecule has 1 spiro atoms. The molecule has 3 atom stereocenters. The summed E-state index contributed by atoms with van der Waals surface area (Å²) in [5.74, 6) is -1.44. The summed E-state index contributed by atoms with van der Waals surface area (Å²) in [5, 5.41) is 4.46. The molecule has 2 fully saturated rings. The number of sulfonamides is 1. The van der Waals surface area contributed by atoms with Crippen molar-refractivity contribution in [1.82, 2.24) is 14.2 Å². The number of methoxy groups -OCH3 is 1. The second kappa shape index (κ2) is 17.2. The van der Waals surface area contributed by atoms with Gasteiger partial charge in [0.15, 0.2) is 0 Å². The zero-order chi connectivity index (χ0) is 41.0. The summed E-state index contributed by atoms with van der Waals surface area (Å²) in [6, 6.07) is 20.8. The molecule has 1 saturated heterocycles. The van der Waals surface area contributed by atoms with Crippen molar-refractivity contribution in [2.45, 2.75) is 81.4 Å². The molecule has 300 valence electrons. The highest BCUT2D eigenvalue weighted by Gasteiger charge is 2.52. The second-order valence-corrected chi connectivity index (χ2v) is 18.1. The van der Waals surface area contributed by atoms with E-state index in [1.54, 1.807) is 105 Å². The van der Waals surface area contributed by atoms with E-state index in [0.29, 0.717) is 34.1 Å². The minimum atomic E-state index is -4.04. The molecule has 1 amide bonds. The van der Waals surface area contributed by atoms with E-state index in [1.165, 1.54) is 23.5 Å². The van der Waals surface area contributed by atoms with Crippen LogP contribution in [0.3, 0.4) is 0 Å². The Morgan fingerprint density at radius 1 is 1.02 bits per heavy atom. The molecule has 2 heterocycles. The normalized spacial score (nSPS) is 17.9. The van der Waals surface area contributed by atoms with Gasteiger partial charge in [-0.25, -0.2) is 22.6 Å². The van der Waals surface area contributed by atoms with Gasteiger partial charge < -0.3 is 14.4 Å². The number of halogens is 2. The molecule has 0 N–H and O–H groups in total. The Hall–Kier alpha value is -5.01. The Bertz CT molecular complexity index is 2230. The summed E-state index contributed by atoms with van der Waals surface area (Å²) >= 11 is 6.20. The highest BCUT2D eigenvalue weighted by Crippen LogP contribution is 2.50. The van der Waals surface area contributed by atoms with Crippen LogP contribution in [0, 0.1) is 11.2 Å². The Balaban J connectivity index is 1.33. The van der Waals surface area contributed by atoms with E-state index in [2.05, 4.69) is 15.0 Å². The molecule has 15 heteroatoms. The highest BCUT2D eigenvalue weighted by atomic mass is 35.5. The van der Waals surface area contributed by atoms with Crippen molar-refractivity contribution in [3.63, 3.8) is 0 Å². The molecule has 2 aliphatic rings. The number of rotatable bonds is 13. The highest BCUT2D eigenvalue weighted by molar-refractivity contribution is 7.89. The lowest BCUT2D eigenvalue weighted by Crippen LogP contribution is -2.46. The van der Waals surface area contributed by atoms with Gasteiger partial charge in [-0.05, 0) is 105 Å². The average molecular weight is 817 g/mol. The molecule has 1 aromatic heterocycles. The smallest absolute Gasteiger partial charge is 0.410 e. The Kier molecular flexibility index (Phi) is 12.6. The number of nitrogens with zero attached hydrogens (tertiary/aromatic N) is 6. The molecule has 3 aromatic carbocycles. The van der Waals surface area contributed by atoms with Crippen molar-refractivity contribution in [3.05, 3.63) is 135 Å². The van der Waals surface area contributed by atoms with Crippen molar-refractivity contribution in [2.75, 3.05) is 26.7 Å². The topological polar surface area (TPSA) is 155 Å². The van der Waals surface area contributed by atoms with Crippen LogP contribution < -0.4 is 4.74 Å². The number of benzene rings is 3. The molecule has 0 bridgehead atoms. The molecule has 1 saturated carbocycles. The van der Waals surface area contributed by atoms with E-state index >= 15 is 4.39 Å². The zero-order valence-electron chi connectivity index (χ0n) is 32.3. The number of azide groups is 1. The maximum atomic E-state index is 16.0. The van der Waals surface area contributed by atoms with E-state index in [0.717, 1.165) is 12.8 Å². The number of hydrogen-bond acceptors (Lipinski definition) is 8. The van der Waals surface area contributed by atoms with Gasteiger partial charge in [-0.15, -0.1) is 0 Å². The standard InChI is InChI=1S/C42H46ClFN6O6S/c1-41(2,3)56-40(52)49-25-32(50(27-42(26-49)21-22-42)57(53,54)33-10-6-5-7-11-33)18-19-34-29(9-8-12-35(34)44)23-36(51)39(47-48-45)38(28-13-16-31(43)17-14-28)30-15-20-37(55-4)46-24-30/h5-17,20,24,32,38-39H,18-19,21-23,25-27H2,1-4H3/t32-,38-,39+/m0/s1. The van der Waals surface area contributed by atoms with Crippen molar-refractivity contribution < 1.29 is 31.9 Å². The van der Waals surface area contributed by atoms with Gasteiger partial charge in [0.25, 0.3) is 0 Å². The van der Waals surface area contributed by atoms with Crippen LogP contribution in [0.25, 0.3) is 10.4 Å². The van der Waals surface area contributed by atoms with Crippen molar-refractivity contribution in [3.8, 4) is 5.88 Å². The number of ketones is 1. The number of Topliss-reactive ketones (excluding diaryl/α,β-unsaturated/α-hetero) is 1. The minimum absolute atomic E-state index is 0.0308. The van der Waals surface area contributed by atoms with Gasteiger partial charge in [0.2, 0.25) is 15.9 Å². The largest absolute Gasteiger partial charge is 0.481 e. The third-order valence-corrected chi connectivity index (χ3v) is 12.7. The lowest BCUT2D eigenvalue weighted by atomic mass is 9.82. The van der Waals surface area contributed by atoms with Crippen molar-refractivity contribution in [2.24, 2.45) is 10.5 Å². The number of carbonyl (C=O) groups excluding carboxylic acids is 2. The fourth-order valence-corrected chi connectivity index (χ4v) is 9.38. The first-order valence-electron chi connectivity index (χ1n) is 18.8. The van der Waals surface area contributed by atoms with Gasteiger partial charge in [-0.1, -0.05) is 65.2 Å². The van der Waals surface area contributed by atoms with Crippen LogP contribution in [0.2, 0.25) is 5.02 Å². The predicted octanol–water partition coefficient (Wildman–Crippen LogP) is 8.53. The molecular formula is C42H46ClFN6O6S. The lowest BCUT2D eigenvalue weighted by molar-refractivity contribution is -0.119. The van der Waals surface area contributed by atoms with E-state index in [9.17, 15) is 23.5 Å². The lowest BCUT2D eigenvalue weighted by Gasteiger charge is -2.32. The summed E-state index contributed by atoms with van der Waals surface area (Å²) < 4.78 is 57.2. The van der Waals surface area contributed by atoms with Crippen LogP contribution >= 0.6 is 11.6 Å². The maximum Gasteiger partial charge on any atom is 0.410 e. The van der Waals surface area contributed by atoms with Crippen LogP contribution in [0.5, 0.6) is 5.88 Å². The molecule has 57 heavy (non-hydrogen) atoms. The second-order valence-electron chi connectivity index (χ2n) is 15.8. The molecule has 12 nitrogen and oxygen atoms in total. The van der Waals surface area contributed by atoms with Crippen molar-refractivity contribution >= 4 is 33.5 Å². The number of amides is 1. The molecule has 1 aliphatic carbocycles. The molecule has 0 unspecified atom stereocenters. The first-order chi connectivity index (χ1) is 27.1. The van der Waals surface area contributed by atoms with Gasteiger partial charge in [0.1, 0.15) is 23.2 Å². The fourth-order valence-electron chi connectivity index (χ4n) is 7.48. The first-order valence-corrected chi connectivity index (χ1v) is 20.6. The summed E-state index contributed by atoms with van der Waals surface area (Å²) in [5.41, 5.74) is 10.3. The Morgan fingerprint density at radius 2 is 1.72 bits per heavy atom. The number of ether oxygens (including phenoxy) is 2. The SMILES string of the molecule is COc1ccc([C@H](c2ccc(Cl)cc2)[C@H](N=[N+]=[N-])C(=O)Cc2cccc(F)c2CC[C@H]2CN(C(=O)OC(C)(C)C)CC3(CC3)CN2S(=O)(=O)c2ccccc2)cn1. The van der Waals surface area contributed by atoms with E-state index < -0.39 is 56.7 Å². The quantitative estimate of drug-likeness (QED) is 0.0744. The minimum Gasteiger partial charge on any atom is -0.481 e. The third kappa shape index (κ3) is 9.93. The summed E-state index contributed by atoms with van der Waals surface area (Å²) in [7, 11) is -2.56. The van der Waals surface area contributed by atoms with Gasteiger partial charge in [-0.3, -0.25) is 4.79 Å². The summed E-state index contributed by atoms with van der Waals surface area (Å²) in [6.45, 7) is 5.88. The van der Waals surface area contributed by atoms with Crippen LogP contribution in [0.15, 0.2) is 101 Å². The van der Waals surface area contributed by atoms with E-state index in [1.807, 2.05) is 0 Å². The number of hydrogen-bond donors (Lipinski definition) is 0. The van der Waals surface area contributed by atoms with Crippen molar-refractivity contribution in [1.29, 1.82) is 0 Å². The average Bonchev–Trinajstić information content (AvgIpc) is 3.97. The van der Waals surface area contributed by atoms with Gasteiger partial charge in [0.05, 0.1) is 12.0 Å². The van der Waals surface area contributed by atoms with Gasteiger partial charge >= 0.3 is 6.09 Å². The number of carbonyl (C=O) groups is 2. The van der Waals surface area contributed by atoms with E-state index in [-0.39, 0.29) is 42.8 Å². The molecule has 0 radical (unpaired) electrons. The van der Waals surface area contributed by atoms with Crippen LogP contribution in [0.4, 0.5) is 9.18 Å². The monoisotopic (exact) mass is 816 g/mol. The predicted molar refractivity (Wildman–Crippen MR) is 214 cm³/mol. The maximum absolute atomic E-state index is 16.0. The Morgan fingerprint density at radius 3 is 2.33 bits per heavy atom. The molecule has 1 aliphatic heterocycles. The fraction of sp³-hybridized carbons (Fsp3) is 0.405. The van der Waals surface area contributed by atoms with Crippen LogP contribution in [-0.2, 0) is 32.4 Å². The first kappa shape index (κ1) is 41.6. The van der Waals surface area contributed by atoms with Gasteiger partial charge in [-0.2, -0.15) is 4.31 Å². The summed E-state index contributed by atoms with van der Waals surface area (Å²) in [6.07, 6.45) is 2.40. The molecule has 4 aromatic rings. The van der Waals surface area contributed by atoms with Crippen LogP contribution in [-0.4, -0.2) is 78.9 Å². The third-order valence-electron chi connectivity index (χ3n) is 10.5. The zero-order valence-corrected chi connectivity index (χ0v) is 33.9. The number of aromatic nitrogens is 1.